The topological polar surface area (TPSA) is 38.9 Å². The Hall–Kier alpha value is -0.900. The van der Waals surface area contributed by atoms with E-state index in [9.17, 15) is 8.78 Å². The van der Waals surface area contributed by atoms with Gasteiger partial charge in [0.1, 0.15) is 5.69 Å². The molecule has 0 spiro atoms. The van der Waals surface area contributed by atoms with Crippen LogP contribution in [0.25, 0.3) is 0 Å². The number of pyridine rings is 1. The van der Waals surface area contributed by atoms with Crippen LogP contribution in [-0.4, -0.2) is 4.98 Å². The second-order valence-corrected chi connectivity index (χ2v) is 2.90. The van der Waals surface area contributed by atoms with E-state index in [1.54, 1.807) is 6.92 Å². The van der Waals surface area contributed by atoms with Gasteiger partial charge in [-0.05, 0) is 13.0 Å². The molecule has 2 N–H and O–H groups in total. The minimum atomic E-state index is -2.59. The highest BCUT2D eigenvalue weighted by molar-refractivity contribution is 6.17. The van der Waals surface area contributed by atoms with Gasteiger partial charge in [0.15, 0.2) is 0 Å². The van der Waals surface area contributed by atoms with E-state index >= 15 is 0 Å². The fraction of sp³-hybridized carbons (Fsp3) is 0.375. The molecular formula is C8H9ClF2N2. The number of hydrogen-bond donors (Lipinski definition) is 1. The molecule has 0 aliphatic carbocycles. The highest BCUT2D eigenvalue weighted by Gasteiger charge is 2.13. The molecule has 0 aliphatic heterocycles. The van der Waals surface area contributed by atoms with Crippen LogP contribution < -0.4 is 5.73 Å². The van der Waals surface area contributed by atoms with Crippen LogP contribution in [-0.2, 0) is 5.88 Å². The van der Waals surface area contributed by atoms with Gasteiger partial charge in [-0.1, -0.05) is 0 Å². The number of halogens is 3. The van der Waals surface area contributed by atoms with Gasteiger partial charge in [-0.15, -0.1) is 11.6 Å². The molecule has 13 heavy (non-hydrogen) atoms. The lowest BCUT2D eigenvalue weighted by Gasteiger charge is -2.08. The second kappa shape index (κ2) is 3.87. The molecule has 1 heterocycles. The van der Waals surface area contributed by atoms with E-state index in [-0.39, 0.29) is 17.3 Å². The van der Waals surface area contributed by atoms with Crippen molar-refractivity contribution in [1.29, 1.82) is 0 Å². The molecule has 0 aromatic carbocycles. The predicted octanol–water partition coefficient (Wildman–Crippen LogP) is 2.65. The zero-order valence-electron chi connectivity index (χ0n) is 7.02. The lowest BCUT2D eigenvalue weighted by Crippen LogP contribution is -2.02. The van der Waals surface area contributed by atoms with Gasteiger partial charge in [0.05, 0.1) is 5.88 Å². The summed E-state index contributed by atoms with van der Waals surface area (Å²) < 4.78 is 24.4. The third-order valence-corrected chi connectivity index (χ3v) is 2.01. The Bertz CT molecular complexity index is 292. The molecule has 0 amide bonds. The zero-order valence-corrected chi connectivity index (χ0v) is 7.78. The minimum Gasteiger partial charge on any atom is -0.398 e. The van der Waals surface area contributed by atoms with Gasteiger partial charge in [-0.2, -0.15) is 0 Å². The summed E-state index contributed by atoms with van der Waals surface area (Å²) >= 11 is 5.56. The Morgan fingerprint density at radius 1 is 1.62 bits per heavy atom. The lowest BCUT2D eigenvalue weighted by molar-refractivity contribution is 0.146. The van der Waals surface area contributed by atoms with Crippen molar-refractivity contribution in [3.8, 4) is 0 Å². The number of rotatable bonds is 2. The summed E-state index contributed by atoms with van der Waals surface area (Å²) in [5.74, 6) is 0.189. The van der Waals surface area contributed by atoms with E-state index in [0.717, 1.165) is 6.07 Å². The Morgan fingerprint density at radius 2 is 2.23 bits per heavy atom. The fourth-order valence-corrected chi connectivity index (χ4v) is 1.38. The van der Waals surface area contributed by atoms with E-state index in [4.69, 9.17) is 17.3 Å². The molecule has 5 heteroatoms. The summed E-state index contributed by atoms with van der Waals surface area (Å²) in [5.41, 5.74) is 6.57. The first kappa shape index (κ1) is 10.2. The number of nitrogens with two attached hydrogens (primary N) is 1. The molecule has 1 aromatic rings. The molecule has 72 valence electrons. The predicted molar refractivity (Wildman–Crippen MR) is 47.9 cm³/mol. The lowest BCUT2D eigenvalue weighted by atomic mass is 10.1. The van der Waals surface area contributed by atoms with Crippen molar-refractivity contribution >= 4 is 17.3 Å². The van der Waals surface area contributed by atoms with Crippen molar-refractivity contribution in [1.82, 2.24) is 4.98 Å². The van der Waals surface area contributed by atoms with E-state index in [2.05, 4.69) is 4.98 Å². The number of hydrogen-bond acceptors (Lipinski definition) is 2. The minimum absolute atomic E-state index is 0.189. The summed E-state index contributed by atoms with van der Waals surface area (Å²) in [6.07, 6.45) is -2.59. The van der Waals surface area contributed by atoms with Gasteiger partial charge in [0, 0.05) is 16.9 Å². The van der Waals surface area contributed by atoms with Crippen LogP contribution in [0, 0.1) is 6.92 Å². The fourth-order valence-electron chi connectivity index (χ4n) is 1.03. The number of aromatic nitrogens is 1. The van der Waals surface area contributed by atoms with Gasteiger partial charge in [-0.25, -0.2) is 8.78 Å². The van der Waals surface area contributed by atoms with Crippen LogP contribution in [0.5, 0.6) is 0 Å². The quantitative estimate of drug-likeness (QED) is 0.756. The summed E-state index contributed by atoms with van der Waals surface area (Å²) in [6.45, 7) is 1.61. The molecule has 2 nitrogen and oxygen atoms in total. The second-order valence-electron chi connectivity index (χ2n) is 2.63. The molecule has 0 saturated heterocycles. The maximum atomic E-state index is 12.2. The molecule has 0 radical (unpaired) electrons. The summed E-state index contributed by atoms with van der Waals surface area (Å²) in [6, 6.07) is 1.16. The van der Waals surface area contributed by atoms with Gasteiger partial charge >= 0.3 is 0 Å². The van der Waals surface area contributed by atoms with E-state index in [1.165, 1.54) is 0 Å². The Balaban J connectivity index is 3.20. The summed E-state index contributed by atoms with van der Waals surface area (Å²) in [4.78, 5) is 3.69. The van der Waals surface area contributed by atoms with Gasteiger partial charge < -0.3 is 5.73 Å². The Morgan fingerprint density at radius 3 is 2.62 bits per heavy atom. The van der Waals surface area contributed by atoms with Crippen LogP contribution in [0.15, 0.2) is 6.07 Å². The third kappa shape index (κ3) is 2.06. The maximum absolute atomic E-state index is 12.2. The number of anilines is 1. The molecule has 1 rings (SSSR count). The molecule has 0 atom stereocenters. The average molecular weight is 207 g/mol. The molecule has 0 bridgehead atoms. The molecular weight excluding hydrogens is 198 g/mol. The summed E-state index contributed by atoms with van der Waals surface area (Å²) in [5, 5.41) is 0. The smallest absolute Gasteiger partial charge is 0.280 e. The highest BCUT2D eigenvalue weighted by atomic mass is 35.5. The van der Waals surface area contributed by atoms with Crippen LogP contribution in [0.3, 0.4) is 0 Å². The largest absolute Gasteiger partial charge is 0.398 e. The SMILES string of the molecule is Cc1nc(C(F)F)cc(N)c1CCl. The first-order valence-corrected chi connectivity index (χ1v) is 4.19. The molecule has 1 aromatic heterocycles. The van der Waals surface area contributed by atoms with Crippen molar-refractivity contribution in [3.63, 3.8) is 0 Å². The van der Waals surface area contributed by atoms with Crippen molar-refractivity contribution in [2.45, 2.75) is 19.2 Å². The standard InChI is InChI=1S/C8H9ClF2N2/c1-4-5(3-9)6(12)2-7(13-4)8(10)11/h2,8H,3H2,1H3,(H2,12,13). The van der Waals surface area contributed by atoms with Crippen LogP contribution in [0.4, 0.5) is 14.5 Å². The highest BCUT2D eigenvalue weighted by Crippen LogP contribution is 2.24. The van der Waals surface area contributed by atoms with Gasteiger partial charge in [0.2, 0.25) is 0 Å². The first-order chi connectivity index (χ1) is 6.06. The Labute approximate surface area is 79.7 Å². The number of aryl methyl sites for hydroxylation is 1. The van der Waals surface area contributed by atoms with Crippen LogP contribution in [0.2, 0.25) is 0 Å². The zero-order chi connectivity index (χ0) is 10.0. The number of nitrogen functional groups attached to an aromatic ring is 1. The summed E-state index contributed by atoms with van der Waals surface area (Å²) in [7, 11) is 0. The van der Waals surface area contributed by atoms with E-state index < -0.39 is 6.43 Å². The average Bonchev–Trinajstić information content (AvgIpc) is 2.03. The van der Waals surface area contributed by atoms with Gasteiger partial charge in [-0.3, -0.25) is 4.98 Å². The molecule has 0 fully saturated rings. The normalized spacial score (nSPS) is 10.8. The van der Waals surface area contributed by atoms with Crippen molar-refractivity contribution in [2.24, 2.45) is 0 Å². The van der Waals surface area contributed by atoms with Gasteiger partial charge in [0.25, 0.3) is 6.43 Å². The number of nitrogens with zero attached hydrogens (tertiary/aromatic N) is 1. The van der Waals surface area contributed by atoms with Crippen LogP contribution >= 0.6 is 11.6 Å². The molecule has 0 unspecified atom stereocenters. The van der Waals surface area contributed by atoms with Crippen molar-refractivity contribution in [3.05, 3.63) is 23.0 Å². The monoisotopic (exact) mass is 206 g/mol. The maximum Gasteiger partial charge on any atom is 0.280 e. The first-order valence-electron chi connectivity index (χ1n) is 3.66. The molecule has 0 aliphatic rings. The molecule has 0 saturated carbocycles. The van der Waals surface area contributed by atoms with Crippen molar-refractivity contribution < 1.29 is 8.78 Å². The third-order valence-electron chi connectivity index (χ3n) is 1.74. The van der Waals surface area contributed by atoms with Crippen molar-refractivity contribution in [2.75, 3.05) is 5.73 Å². The Kier molecular flexibility index (Phi) is 3.03. The van der Waals surface area contributed by atoms with E-state index in [1.807, 2.05) is 0 Å². The van der Waals surface area contributed by atoms with E-state index in [0.29, 0.717) is 11.3 Å². The number of alkyl halides is 3. The van der Waals surface area contributed by atoms with Crippen LogP contribution in [0.1, 0.15) is 23.4 Å².